The Balaban J connectivity index is 4.26. The number of ether oxygens (including phenoxy) is 1. The van der Waals surface area contributed by atoms with Gasteiger partial charge in [0.25, 0.3) is 0 Å². The molecule has 0 aliphatic carbocycles. The van der Waals surface area contributed by atoms with Crippen LogP contribution in [0.1, 0.15) is 72.6 Å². The van der Waals surface area contributed by atoms with E-state index in [1.54, 1.807) is 0 Å². The molecule has 0 aromatic heterocycles. The molecular weight excluding hydrogens is 296 g/mol. The van der Waals surface area contributed by atoms with Gasteiger partial charge in [0.05, 0.1) is 18.5 Å². The molecule has 0 aromatic carbocycles. The molecule has 0 fully saturated rings. The van der Waals surface area contributed by atoms with Gasteiger partial charge in [0.15, 0.2) is 0 Å². The van der Waals surface area contributed by atoms with Crippen molar-refractivity contribution in [3.05, 3.63) is 0 Å². The average molecular weight is 327 g/mol. The summed E-state index contributed by atoms with van der Waals surface area (Å²) < 4.78 is 28.6. The number of rotatable bonds is 12. The second-order valence-corrected chi connectivity index (χ2v) is 8.64. The largest absolute Gasteiger partial charge is 0.378 e. The predicted molar refractivity (Wildman–Crippen MR) is 86.8 cm³/mol. The summed E-state index contributed by atoms with van der Waals surface area (Å²) in [4.78, 5) is 0. The van der Waals surface area contributed by atoms with Crippen LogP contribution in [0.25, 0.3) is 0 Å². The topological polar surface area (TPSA) is 43.4 Å². The summed E-state index contributed by atoms with van der Waals surface area (Å²) in [6.45, 7) is 8.74. The van der Waals surface area contributed by atoms with E-state index in [4.69, 9.17) is 15.4 Å². The van der Waals surface area contributed by atoms with Crippen molar-refractivity contribution in [2.24, 2.45) is 5.41 Å². The van der Waals surface area contributed by atoms with Crippen LogP contribution < -0.4 is 0 Å². The molecule has 0 spiro atoms. The van der Waals surface area contributed by atoms with Crippen LogP contribution in [0.2, 0.25) is 0 Å². The lowest BCUT2D eigenvalue weighted by Gasteiger charge is -2.31. The highest BCUT2D eigenvalue weighted by molar-refractivity contribution is 8.13. The standard InChI is InChI=1S/C15H31ClO3S/c1-5-8-9-10-11-14(4)19-12-15(6-2,7-3)13-20(16,17)18/h14H,5-13H2,1-4H3. The van der Waals surface area contributed by atoms with Gasteiger partial charge >= 0.3 is 0 Å². The van der Waals surface area contributed by atoms with E-state index in [9.17, 15) is 8.42 Å². The maximum Gasteiger partial charge on any atom is 0.233 e. The molecule has 0 aliphatic rings. The fourth-order valence-corrected chi connectivity index (χ4v) is 4.24. The molecule has 1 atom stereocenters. The van der Waals surface area contributed by atoms with Crippen LogP contribution in [0, 0.1) is 5.41 Å². The Morgan fingerprint density at radius 2 is 1.70 bits per heavy atom. The van der Waals surface area contributed by atoms with Gasteiger partial charge in [-0.15, -0.1) is 0 Å². The first-order chi connectivity index (χ1) is 9.28. The summed E-state index contributed by atoms with van der Waals surface area (Å²) in [5, 5.41) is 0. The summed E-state index contributed by atoms with van der Waals surface area (Å²) in [6.07, 6.45) is 7.67. The zero-order chi connectivity index (χ0) is 15.6. The fourth-order valence-electron chi connectivity index (χ4n) is 2.33. The van der Waals surface area contributed by atoms with Crippen molar-refractivity contribution in [1.29, 1.82) is 0 Å². The minimum Gasteiger partial charge on any atom is -0.378 e. The molecule has 0 radical (unpaired) electrons. The van der Waals surface area contributed by atoms with Crippen molar-refractivity contribution in [3.8, 4) is 0 Å². The maximum absolute atomic E-state index is 11.4. The number of unbranched alkanes of at least 4 members (excludes halogenated alkanes) is 3. The molecular formula is C15H31ClO3S. The lowest BCUT2D eigenvalue weighted by Crippen LogP contribution is -2.34. The lowest BCUT2D eigenvalue weighted by molar-refractivity contribution is -0.00100. The van der Waals surface area contributed by atoms with Crippen molar-refractivity contribution in [1.82, 2.24) is 0 Å². The Kier molecular flexibility index (Phi) is 10.1. The Morgan fingerprint density at radius 3 is 2.15 bits per heavy atom. The highest BCUT2D eigenvalue weighted by Gasteiger charge is 2.32. The van der Waals surface area contributed by atoms with Crippen molar-refractivity contribution >= 4 is 19.7 Å². The molecule has 20 heavy (non-hydrogen) atoms. The average Bonchev–Trinajstić information content (AvgIpc) is 2.38. The molecule has 122 valence electrons. The first kappa shape index (κ1) is 20.2. The van der Waals surface area contributed by atoms with Crippen LogP contribution in [0.4, 0.5) is 0 Å². The van der Waals surface area contributed by atoms with Gasteiger partial charge in [0.2, 0.25) is 9.05 Å². The molecule has 0 aliphatic heterocycles. The fraction of sp³-hybridized carbons (Fsp3) is 1.00. The van der Waals surface area contributed by atoms with Gasteiger partial charge < -0.3 is 4.74 Å². The van der Waals surface area contributed by atoms with Crippen molar-refractivity contribution in [2.45, 2.75) is 78.7 Å². The SMILES string of the molecule is CCCCCCC(C)OCC(CC)(CC)CS(=O)(=O)Cl. The zero-order valence-corrected chi connectivity index (χ0v) is 15.0. The molecule has 0 heterocycles. The van der Waals surface area contributed by atoms with Gasteiger partial charge in [-0.2, -0.15) is 0 Å². The molecule has 3 nitrogen and oxygen atoms in total. The summed E-state index contributed by atoms with van der Waals surface area (Å²) >= 11 is 0. The molecule has 5 heteroatoms. The molecule has 0 rings (SSSR count). The molecule has 0 bridgehead atoms. The molecule has 1 unspecified atom stereocenters. The van der Waals surface area contributed by atoms with Gasteiger partial charge in [-0.05, 0) is 26.2 Å². The number of halogens is 1. The van der Waals surface area contributed by atoms with Crippen LogP contribution in [0.3, 0.4) is 0 Å². The summed E-state index contributed by atoms with van der Waals surface area (Å²) in [5.41, 5.74) is -0.349. The van der Waals surface area contributed by atoms with Gasteiger partial charge in [-0.3, -0.25) is 0 Å². The van der Waals surface area contributed by atoms with E-state index in [-0.39, 0.29) is 17.3 Å². The number of hydrogen-bond donors (Lipinski definition) is 0. The minimum atomic E-state index is -3.49. The first-order valence-electron chi connectivity index (χ1n) is 7.82. The normalized spacial score (nSPS) is 14.4. The second kappa shape index (κ2) is 10.0. The van der Waals surface area contributed by atoms with Crippen LogP contribution in [-0.4, -0.2) is 26.9 Å². The predicted octanol–water partition coefficient (Wildman–Crippen LogP) is 4.74. The highest BCUT2D eigenvalue weighted by Crippen LogP contribution is 2.30. The molecule has 0 saturated carbocycles. The summed E-state index contributed by atoms with van der Waals surface area (Å²) in [5.74, 6) is -0.00287. The number of hydrogen-bond acceptors (Lipinski definition) is 3. The Labute approximate surface area is 129 Å². The minimum absolute atomic E-state index is 0.00287. The van der Waals surface area contributed by atoms with Crippen LogP contribution >= 0.6 is 10.7 Å². The van der Waals surface area contributed by atoms with Crippen LogP contribution in [0.15, 0.2) is 0 Å². The van der Waals surface area contributed by atoms with E-state index in [0.29, 0.717) is 6.61 Å². The summed E-state index contributed by atoms with van der Waals surface area (Å²) in [6, 6.07) is 0. The van der Waals surface area contributed by atoms with Crippen molar-refractivity contribution in [2.75, 3.05) is 12.4 Å². The van der Waals surface area contributed by atoms with Crippen LogP contribution in [0.5, 0.6) is 0 Å². The maximum atomic E-state index is 11.4. The molecule has 0 amide bonds. The quantitative estimate of drug-likeness (QED) is 0.384. The Morgan fingerprint density at radius 1 is 1.10 bits per heavy atom. The van der Waals surface area contributed by atoms with Gasteiger partial charge in [0, 0.05) is 16.1 Å². The van der Waals surface area contributed by atoms with Crippen LogP contribution in [-0.2, 0) is 13.8 Å². The van der Waals surface area contributed by atoms with Crippen molar-refractivity contribution < 1.29 is 13.2 Å². The van der Waals surface area contributed by atoms with Gasteiger partial charge in [0.1, 0.15) is 0 Å². The van der Waals surface area contributed by atoms with E-state index in [1.165, 1.54) is 25.7 Å². The van der Waals surface area contributed by atoms with E-state index in [2.05, 4.69) is 13.8 Å². The zero-order valence-electron chi connectivity index (χ0n) is 13.5. The van der Waals surface area contributed by atoms with E-state index >= 15 is 0 Å². The third kappa shape index (κ3) is 9.19. The van der Waals surface area contributed by atoms with E-state index in [1.807, 2.05) is 13.8 Å². The van der Waals surface area contributed by atoms with Crippen molar-refractivity contribution in [3.63, 3.8) is 0 Å². The van der Waals surface area contributed by atoms with Gasteiger partial charge in [-0.1, -0.05) is 46.5 Å². The monoisotopic (exact) mass is 326 g/mol. The first-order valence-corrected chi connectivity index (χ1v) is 10.3. The lowest BCUT2D eigenvalue weighted by atomic mass is 9.85. The Hall–Kier alpha value is 0.200. The van der Waals surface area contributed by atoms with Gasteiger partial charge in [-0.25, -0.2) is 8.42 Å². The second-order valence-electron chi connectivity index (χ2n) is 5.86. The van der Waals surface area contributed by atoms with E-state index in [0.717, 1.165) is 19.3 Å². The Bertz CT molecular complexity index is 337. The third-order valence-corrected chi connectivity index (χ3v) is 5.40. The summed E-state index contributed by atoms with van der Waals surface area (Å²) in [7, 11) is 1.94. The molecule has 0 N–H and O–H groups in total. The molecule has 0 aromatic rings. The smallest absolute Gasteiger partial charge is 0.233 e. The highest BCUT2D eigenvalue weighted by atomic mass is 35.7. The molecule has 0 saturated heterocycles. The van der Waals surface area contributed by atoms with E-state index < -0.39 is 9.05 Å². The third-order valence-electron chi connectivity index (χ3n) is 4.12.